The zero-order valence-electron chi connectivity index (χ0n) is 15.2. The molecule has 1 aromatic carbocycles. The summed E-state index contributed by atoms with van der Waals surface area (Å²) in [6.07, 6.45) is 6.41. The van der Waals surface area contributed by atoms with Gasteiger partial charge in [0, 0.05) is 23.7 Å². The van der Waals surface area contributed by atoms with Crippen LogP contribution in [-0.2, 0) is 4.79 Å². The Bertz CT molecular complexity index is 809. The average molecular weight is 406 g/mol. The Labute approximate surface area is 168 Å². The van der Waals surface area contributed by atoms with Gasteiger partial charge in [-0.15, -0.1) is 10.2 Å². The molecule has 0 radical (unpaired) electrons. The van der Waals surface area contributed by atoms with E-state index in [4.69, 9.17) is 17.4 Å². The first-order chi connectivity index (χ1) is 13.1. The third-order valence-corrected chi connectivity index (χ3v) is 6.92. The van der Waals surface area contributed by atoms with E-state index in [1.165, 1.54) is 42.1 Å². The third-order valence-electron chi connectivity index (χ3n) is 5.74. The summed E-state index contributed by atoms with van der Waals surface area (Å²) in [5.41, 5.74) is 0.840. The number of rotatable bonds is 4. The van der Waals surface area contributed by atoms with Gasteiger partial charge in [-0.05, 0) is 48.9 Å². The number of likely N-dealkylation sites (tertiary alicyclic amines) is 1. The van der Waals surface area contributed by atoms with Gasteiger partial charge < -0.3 is 10.7 Å². The van der Waals surface area contributed by atoms with Crippen molar-refractivity contribution in [2.24, 2.45) is 11.8 Å². The van der Waals surface area contributed by atoms with Crippen LogP contribution in [0.1, 0.15) is 32.1 Å². The predicted molar refractivity (Wildman–Crippen MR) is 108 cm³/mol. The van der Waals surface area contributed by atoms with Gasteiger partial charge in [-0.2, -0.15) is 0 Å². The summed E-state index contributed by atoms with van der Waals surface area (Å²) in [5.74, 6) is 8.72. The van der Waals surface area contributed by atoms with Gasteiger partial charge in [-0.3, -0.25) is 4.79 Å². The number of fused-ring (bicyclic) bond motifs is 1. The number of halogens is 1. The van der Waals surface area contributed by atoms with E-state index < -0.39 is 0 Å². The van der Waals surface area contributed by atoms with Crippen LogP contribution in [0.25, 0.3) is 11.4 Å². The normalized spacial score (nSPS) is 22.5. The fourth-order valence-corrected chi connectivity index (χ4v) is 5.10. The summed E-state index contributed by atoms with van der Waals surface area (Å²) in [4.78, 5) is 14.7. The first-order valence-corrected chi connectivity index (χ1v) is 10.8. The fraction of sp³-hybridized carbons (Fsp3) is 0.526. The molecule has 2 heterocycles. The zero-order valence-corrected chi connectivity index (χ0v) is 16.8. The lowest BCUT2D eigenvalue weighted by atomic mass is 9.75. The maximum atomic E-state index is 12.7. The first-order valence-electron chi connectivity index (χ1n) is 9.49. The second-order valence-electron chi connectivity index (χ2n) is 7.40. The summed E-state index contributed by atoms with van der Waals surface area (Å²) in [5, 5.41) is 9.50. The number of nitrogens with zero attached hydrogens (tertiary/aromatic N) is 4. The molecule has 2 fully saturated rings. The number of hydrogen-bond donors (Lipinski definition) is 1. The largest absolute Gasteiger partial charge is 0.342 e. The summed E-state index contributed by atoms with van der Waals surface area (Å²) in [6.45, 7) is 1.79. The average Bonchev–Trinajstić information content (AvgIpc) is 3.07. The van der Waals surface area contributed by atoms with Gasteiger partial charge in [0.2, 0.25) is 11.1 Å². The molecule has 27 heavy (non-hydrogen) atoms. The molecule has 0 spiro atoms. The van der Waals surface area contributed by atoms with Crippen LogP contribution in [0.4, 0.5) is 0 Å². The predicted octanol–water partition coefficient (Wildman–Crippen LogP) is 3.44. The highest BCUT2D eigenvalue weighted by molar-refractivity contribution is 7.99. The number of thioether (sulfide) groups is 1. The lowest BCUT2D eigenvalue weighted by molar-refractivity contribution is -0.131. The molecule has 0 unspecified atom stereocenters. The highest BCUT2D eigenvalue weighted by Crippen LogP contribution is 2.36. The summed E-state index contributed by atoms with van der Waals surface area (Å²) in [7, 11) is 0. The Morgan fingerprint density at radius 1 is 1.15 bits per heavy atom. The molecule has 6 nitrogen and oxygen atoms in total. The number of carbonyl (C=O) groups is 1. The second-order valence-corrected chi connectivity index (χ2v) is 8.78. The molecular weight excluding hydrogens is 382 g/mol. The van der Waals surface area contributed by atoms with Gasteiger partial charge in [0.15, 0.2) is 5.82 Å². The molecule has 8 heteroatoms. The Balaban J connectivity index is 1.36. The molecule has 2 N–H and O–H groups in total. The number of benzene rings is 1. The van der Waals surface area contributed by atoms with Gasteiger partial charge in [0.05, 0.1) is 5.75 Å². The van der Waals surface area contributed by atoms with Crippen molar-refractivity contribution < 1.29 is 4.79 Å². The molecule has 2 aliphatic rings. The van der Waals surface area contributed by atoms with E-state index in [2.05, 4.69) is 10.2 Å². The lowest BCUT2D eigenvalue weighted by Crippen LogP contribution is -2.45. The number of amides is 1. The van der Waals surface area contributed by atoms with Gasteiger partial charge in [-0.1, -0.05) is 42.6 Å². The van der Waals surface area contributed by atoms with Crippen LogP contribution in [0.15, 0.2) is 29.4 Å². The molecule has 1 amide bonds. The van der Waals surface area contributed by atoms with Crippen molar-refractivity contribution in [2.45, 2.75) is 37.3 Å². The first kappa shape index (κ1) is 18.6. The minimum Gasteiger partial charge on any atom is -0.342 e. The van der Waals surface area contributed by atoms with Crippen molar-refractivity contribution >= 4 is 29.3 Å². The van der Waals surface area contributed by atoms with Crippen LogP contribution in [0.3, 0.4) is 0 Å². The number of piperidine rings is 1. The van der Waals surface area contributed by atoms with Crippen molar-refractivity contribution in [3.8, 4) is 11.4 Å². The number of nitrogen functional groups attached to an aromatic ring is 1. The molecule has 4 rings (SSSR count). The third kappa shape index (κ3) is 4.09. The lowest BCUT2D eigenvalue weighted by Gasteiger charge is -2.41. The van der Waals surface area contributed by atoms with Crippen molar-refractivity contribution in [1.29, 1.82) is 0 Å². The van der Waals surface area contributed by atoms with Crippen molar-refractivity contribution in [3.63, 3.8) is 0 Å². The molecule has 1 saturated heterocycles. The summed E-state index contributed by atoms with van der Waals surface area (Å²) in [6, 6.07) is 7.28. The topological polar surface area (TPSA) is 77.0 Å². The zero-order chi connectivity index (χ0) is 18.8. The van der Waals surface area contributed by atoms with Crippen LogP contribution in [0.2, 0.25) is 5.02 Å². The molecule has 0 bridgehead atoms. The van der Waals surface area contributed by atoms with Crippen LogP contribution in [0.5, 0.6) is 0 Å². The highest BCUT2D eigenvalue weighted by Gasteiger charge is 2.32. The van der Waals surface area contributed by atoms with E-state index in [0.717, 1.165) is 31.0 Å². The maximum absolute atomic E-state index is 12.7. The van der Waals surface area contributed by atoms with Gasteiger partial charge >= 0.3 is 0 Å². The Kier molecular flexibility index (Phi) is 5.59. The van der Waals surface area contributed by atoms with Crippen LogP contribution in [-0.4, -0.2) is 44.5 Å². The van der Waals surface area contributed by atoms with Crippen molar-refractivity contribution in [3.05, 3.63) is 29.3 Å². The van der Waals surface area contributed by atoms with E-state index in [1.54, 1.807) is 12.1 Å². The highest BCUT2D eigenvalue weighted by atomic mass is 35.5. The monoisotopic (exact) mass is 405 g/mol. The summed E-state index contributed by atoms with van der Waals surface area (Å²) >= 11 is 7.27. The molecular formula is C19H24ClN5OS. The van der Waals surface area contributed by atoms with Crippen LogP contribution in [0, 0.1) is 11.8 Å². The smallest absolute Gasteiger partial charge is 0.233 e. The molecule has 2 aromatic rings. The van der Waals surface area contributed by atoms with Crippen molar-refractivity contribution in [1.82, 2.24) is 19.8 Å². The Hall–Kier alpha value is -1.73. The Morgan fingerprint density at radius 3 is 2.67 bits per heavy atom. The van der Waals surface area contributed by atoms with Gasteiger partial charge in [0.25, 0.3) is 0 Å². The van der Waals surface area contributed by atoms with Crippen LogP contribution < -0.4 is 5.84 Å². The minimum absolute atomic E-state index is 0.167. The van der Waals surface area contributed by atoms with E-state index in [0.29, 0.717) is 27.7 Å². The number of nitrogens with two attached hydrogens (primary N) is 1. The molecule has 144 valence electrons. The number of hydrogen-bond acceptors (Lipinski definition) is 5. The molecule has 1 saturated carbocycles. The molecule has 2 atom stereocenters. The molecule has 1 aliphatic heterocycles. The number of carbonyl (C=O) groups excluding carboxylic acids is 1. The van der Waals surface area contributed by atoms with E-state index in [-0.39, 0.29) is 5.91 Å². The van der Waals surface area contributed by atoms with E-state index in [1.807, 2.05) is 17.0 Å². The standard InChI is InChI=1S/C19H24ClN5OS/c20-16-7-5-14(6-8-16)18-22-23-19(25(18)21)27-12-17(26)24-10-9-13-3-1-2-4-15(13)11-24/h5-8,13,15H,1-4,9-12,21H2/t13-,15-/m0/s1. The number of aromatic nitrogens is 3. The molecule has 1 aromatic heterocycles. The molecule has 1 aliphatic carbocycles. The van der Waals surface area contributed by atoms with Gasteiger partial charge in [0.1, 0.15) is 0 Å². The van der Waals surface area contributed by atoms with E-state index in [9.17, 15) is 4.79 Å². The van der Waals surface area contributed by atoms with Crippen LogP contribution >= 0.6 is 23.4 Å². The fourth-order valence-electron chi connectivity index (χ4n) is 4.22. The van der Waals surface area contributed by atoms with Crippen molar-refractivity contribution in [2.75, 3.05) is 24.7 Å². The SMILES string of the molecule is Nn1c(SCC(=O)N2CC[C@@H]3CCCC[C@H]3C2)nnc1-c1ccc(Cl)cc1. The minimum atomic E-state index is 0.167. The second kappa shape index (κ2) is 8.10. The summed E-state index contributed by atoms with van der Waals surface area (Å²) < 4.78 is 1.44. The van der Waals surface area contributed by atoms with E-state index >= 15 is 0 Å². The van der Waals surface area contributed by atoms with Gasteiger partial charge in [-0.25, -0.2) is 4.68 Å². The maximum Gasteiger partial charge on any atom is 0.233 e. The Morgan fingerprint density at radius 2 is 1.89 bits per heavy atom. The quantitative estimate of drug-likeness (QED) is 0.622.